The number of allylic oxidation sites excluding steroid dienone is 3. The van der Waals surface area contributed by atoms with Crippen molar-refractivity contribution in [3.05, 3.63) is 51.9 Å². The van der Waals surface area contributed by atoms with Crippen molar-refractivity contribution in [2.24, 2.45) is 0 Å². The van der Waals surface area contributed by atoms with Crippen molar-refractivity contribution in [2.45, 2.75) is 33.6 Å². The summed E-state index contributed by atoms with van der Waals surface area (Å²) in [5, 5.41) is 0.630. The summed E-state index contributed by atoms with van der Waals surface area (Å²) >= 11 is 0. The van der Waals surface area contributed by atoms with Gasteiger partial charge in [0.1, 0.15) is 6.61 Å². The van der Waals surface area contributed by atoms with E-state index in [9.17, 15) is 4.79 Å². The van der Waals surface area contributed by atoms with E-state index in [1.807, 2.05) is 12.1 Å². The average molecular weight is 358 g/mol. The molecular formula is C21H26O5. The predicted octanol–water partition coefficient (Wildman–Crippen LogP) is 4.88. The molecular weight excluding hydrogens is 332 g/mol. The molecule has 0 aliphatic carbocycles. The van der Waals surface area contributed by atoms with Gasteiger partial charge in [0.2, 0.25) is 5.75 Å². The molecule has 0 aliphatic rings. The standard InChI is InChI=1S/C21H26O5/c1-14(2)8-6-9-15(3)12-13-25-17-11-7-10-16-18(17)26-21(22)20(24-5)19(16)23-4/h7-8,10-12H,6,9,13H2,1-5H3. The van der Waals surface area contributed by atoms with Gasteiger partial charge in [0.15, 0.2) is 17.1 Å². The quantitative estimate of drug-likeness (QED) is 0.497. The highest BCUT2D eigenvalue weighted by Crippen LogP contribution is 2.36. The molecule has 0 fully saturated rings. The van der Waals surface area contributed by atoms with E-state index in [1.165, 1.54) is 25.4 Å². The molecule has 1 heterocycles. The summed E-state index contributed by atoms with van der Waals surface area (Å²) in [4.78, 5) is 12.1. The molecule has 0 unspecified atom stereocenters. The average Bonchev–Trinajstić information content (AvgIpc) is 2.60. The van der Waals surface area contributed by atoms with Crippen molar-refractivity contribution in [3.8, 4) is 17.2 Å². The predicted molar refractivity (Wildman–Crippen MR) is 104 cm³/mol. The molecule has 1 aromatic carbocycles. The van der Waals surface area contributed by atoms with E-state index in [0.717, 1.165) is 12.8 Å². The maximum Gasteiger partial charge on any atom is 0.383 e. The van der Waals surface area contributed by atoms with Gasteiger partial charge in [0.05, 0.1) is 19.6 Å². The minimum Gasteiger partial charge on any atom is -0.492 e. The number of methoxy groups -OCH3 is 2. The third-order valence-electron chi connectivity index (χ3n) is 3.98. The Bertz CT molecular complexity index is 870. The summed E-state index contributed by atoms with van der Waals surface area (Å²) < 4.78 is 21.6. The SMILES string of the molecule is COc1c(OC)c2cccc(OCC=C(C)CCC=C(C)C)c2oc1=O. The first-order valence-corrected chi connectivity index (χ1v) is 8.57. The molecule has 0 N–H and O–H groups in total. The lowest BCUT2D eigenvalue weighted by atomic mass is 10.1. The molecule has 1 aromatic heterocycles. The van der Waals surface area contributed by atoms with Gasteiger partial charge in [-0.25, -0.2) is 4.79 Å². The summed E-state index contributed by atoms with van der Waals surface area (Å²) in [5.74, 6) is 0.888. The van der Waals surface area contributed by atoms with Crippen LogP contribution in [0.15, 0.2) is 50.7 Å². The highest BCUT2D eigenvalue weighted by molar-refractivity contribution is 5.89. The highest BCUT2D eigenvalue weighted by atomic mass is 16.5. The van der Waals surface area contributed by atoms with Crippen LogP contribution >= 0.6 is 0 Å². The first kappa shape index (κ1) is 19.6. The van der Waals surface area contributed by atoms with Gasteiger partial charge in [0.25, 0.3) is 0 Å². The Kier molecular flexibility index (Phi) is 6.89. The minimum absolute atomic E-state index is 0.0483. The van der Waals surface area contributed by atoms with E-state index in [2.05, 4.69) is 26.8 Å². The summed E-state index contributed by atoms with van der Waals surface area (Å²) in [7, 11) is 2.90. The van der Waals surface area contributed by atoms with Crippen molar-refractivity contribution in [3.63, 3.8) is 0 Å². The second-order valence-electron chi connectivity index (χ2n) is 6.27. The topological polar surface area (TPSA) is 57.9 Å². The van der Waals surface area contributed by atoms with Crippen LogP contribution in [-0.2, 0) is 0 Å². The Morgan fingerprint density at radius 2 is 1.81 bits per heavy atom. The maximum absolute atomic E-state index is 12.1. The Morgan fingerprint density at radius 3 is 2.46 bits per heavy atom. The normalized spacial score (nSPS) is 11.3. The molecule has 5 nitrogen and oxygen atoms in total. The van der Waals surface area contributed by atoms with Crippen molar-refractivity contribution < 1.29 is 18.6 Å². The summed E-state index contributed by atoms with van der Waals surface area (Å²) in [5.41, 5.74) is 2.33. The van der Waals surface area contributed by atoms with Crippen LogP contribution in [0, 0.1) is 0 Å². The number of fused-ring (bicyclic) bond motifs is 1. The highest BCUT2D eigenvalue weighted by Gasteiger charge is 2.18. The van der Waals surface area contributed by atoms with Crippen molar-refractivity contribution in [1.29, 1.82) is 0 Å². The second-order valence-corrected chi connectivity index (χ2v) is 6.27. The van der Waals surface area contributed by atoms with Crippen LogP contribution in [0.2, 0.25) is 0 Å². The first-order valence-electron chi connectivity index (χ1n) is 8.57. The zero-order valence-electron chi connectivity index (χ0n) is 16.0. The molecule has 140 valence electrons. The van der Waals surface area contributed by atoms with Crippen LogP contribution in [-0.4, -0.2) is 20.8 Å². The molecule has 2 rings (SSSR count). The molecule has 0 amide bonds. The number of ether oxygens (including phenoxy) is 3. The largest absolute Gasteiger partial charge is 0.492 e. The molecule has 5 heteroatoms. The molecule has 0 saturated heterocycles. The maximum atomic E-state index is 12.1. The van der Waals surface area contributed by atoms with Gasteiger partial charge < -0.3 is 18.6 Å². The van der Waals surface area contributed by atoms with Crippen molar-refractivity contribution >= 4 is 11.0 Å². The van der Waals surface area contributed by atoms with E-state index in [4.69, 9.17) is 18.6 Å². The molecule has 26 heavy (non-hydrogen) atoms. The lowest BCUT2D eigenvalue weighted by Gasteiger charge is -2.11. The fourth-order valence-electron chi connectivity index (χ4n) is 2.61. The molecule has 0 aliphatic heterocycles. The van der Waals surface area contributed by atoms with Crippen LogP contribution < -0.4 is 19.8 Å². The minimum atomic E-state index is -0.596. The molecule has 0 bridgehead atoms. The summed E-state index contributed by atoms with van der Waals surface area (Å²) in [6.07, 6.45) is 6.27. The Morgan fingerprint density at radius 1 is 1.08 bits per heavy atom. The Labute approximate surface area is 153 Å². The van der Waals surface area contributed by atoms with Gasteiger partial charge in [0, 0.05) is 0 Å². The second kappa shape index (κ2) is 9.13. The van der Waals surface area contributed by atoms with E-state index in [0.29, 0.717) is 29.1 Å². The number of hydrogen-bond acceptors (Lipinski definition) is 5. The van der Waals surface area contributed by atoms with Crippen LogP contribution in [0.25, 0.3) is 11.0 Å². The van der Waals surface area contributed by atoms with Crippen LogP contribution in [0.3, 0.4) is 0 Å². The van der Waals surface area contributed by atoms with Gasteiger partial charge in [-0.05, 0) is 51.8 Å². The third kappa shape index (κ3) is 4.69. The van der Waals surface area contributed by atoms with Crippen molar-refractivity contribution in [2.75, 3.05) is 20.8 Å². The monoisotopic (exact) mass is 358 g/mol. The molecule has 0 saturated carbocycles. The Hall–Kier alpha value is -2.69. The number of hydrogen-bond donors (Lipinski definition) is 0. The smallest absolute Gasteiger partial charge is 0.383 e. The van der Waals surface area contributed by atoms with E-state index < -0.39 is 5.63 Å². The summed E-state index contributed by atoms with van der Waals surface area (Å²) in [6, 6.07) is 5.39. The summed E-state index contributed by atoms with van der Waals surface area (Å²) in [6.45, 7) is 6.68. The molecule has 2 aromatic rings. The van der Waals surface area contributed by atoms with Crippen LogP contribution in [0.1, 0.15) is 33.6 Å². The van der Waals surface area contributed by atoms with Gasteiger partial charge in [-0.2, -0.15) is 0 Å². The Balaban J connectivity index is 2.22. The fraction of sp³-hybridized carbons (Fsp3) is 0.381. The van der Waals surface area contributed by atoms with Gasteiger partial charge in [-0.3, -0.25) is 0 Å². The molecule has 0 radical (unpaired) electrons. The van der Waals surface area contributed by atoms with Crippen LogP contribution in [0.4, 0.5) is 0 Å². The molecule has 0 atom stereocenters. The molecule has 0 spiro atoms. The number of para-hydroxylation sites is 1. The lowest BCUT2D eigenvalue weighted by Crippen LogP contribution is -2.07. The van der Waals surface area contributed by atoms with Crippen LogP contribution in [0.5, 0.6) is 17.2 Å². The fourth-order valence-corrected chi connectivity index (χ4v) is 2.61. The zero-order valence-corrected chi connectivity index (χ0v) is 16.0. The van der Waals surface area contributed by atoms with E-state index >= 15 is 0 Å². The number of rotatable bonds is 8. The first-order chi connectivity index (χ1) is 12.5. The lowest BCUT2D eigenvalue weighted by molar-refractivity contribution is 0.331. The van der Waals surface area contributed by atoms with Gasteiger partial charge in [-0.1, -0.05) is 23.3 Å². The number of benzene rings is 1. The zero-order chi connectivity index (χ0) is 19.1. The van der Waals surface area contributed by atoms with Gasteiger partial charge in [-0.15, -0.1) is 0 Å². The van der Waals surface area contributed by atoms with E-state index in [1.54, 1.807) is 12.1 Å². The third-order valence-corrected chi connectivity index (χ3v) is 3.98. The van der Waals surface area contributed by atoms with E-state index in [-0.39, 0.29) is 5.75 Å². The van der Waals surface area contributed by atoms with Crippen molar-refractivity contribution in [1.82, 2.24) is 0 Å². The van der Waals surface area contributed by atoms with Gasteiger partial charge >= 0.3 is 5.63 Å².